The van der Waals surface area contributed by atoms with Crippen LogP contribution in [0.1, 0.15) is 32.6 Å². The van der Waals surface area contributed by atoms with E-state index in [0.717, 1.165) is 38.8 Å². The second-order valence-electron chi connectivity index (χ2n) is 4.77. The van der Waals surface area contributed by atoms with E-state index in [2.05, 4.69) is 10.6 Å². The Bertz CT molecular complexity index is 275. The highest BCUT2D eigenvalue weighted by Gasteiger charge is 2.18. The third kappa shape index (κ3) is 5.97. The van der Waals surface area contributed by atoms with Crippen molar-refractivity contribution in [3.63, 3.8) is 0 Å². The van der Waals surface area contributed by atoms with Crippen molar-refractivity contribution < 1.29 is 9.59 Å². The van der Waals surface area contributed by atoms with Gasteiger partial charge in [-0.25, -0.2) is 4.79 Å². The number of hydrogen-bond acceptors (Lipinski definition) is 4. The summed E-state index contributed by atoms with van der Waals surface area (Å²) in [7, 11) is 0. The molecule has 0 atom stereocenters. The number of unbranched alkanes of at least 4 members (excludes halogenated alkanes) is 1. The molecule has 1 heterocycles. The van der Waals surface area contributed by atoms with E-state index in [9.17, 15) is 9.59 Å². The Labute approximate surface area is 108 Å². The number of rotatable bonds is 5. The third-order valence-corrected chi connectivity index (χ3v) is 3.07. The summed E-state index contributed by atoms with van der Waals surface area (Å²) in [5.74, 6) is -0.250. The number of amides is 3. The lowest BCUT2D eigenvalue weighted by Crippen LogP contribution is -2.47. The van der Waals surface area contributed by atoms with E-state index in [1.165, 1.54) is 0 Å². The maximum atomic E-state index is 11.6. The molecule has 0 aromatic carbocycles. The van der Waals surface area contributed by atoms with Crippen molar-refractivity contribution in [2.24, 2.45) is 5.73 Å². The molecule has 1 fully saturated rings. The Kier molecular flexibility index (Phi) is 6.67. The minimum Gasteiger partial charge on any atom is -0.338 e. The number of hydrogen-bond donors (Lipinski definition) is 3. The van der Waals surface area contributed by atoms with Crippen LogP contribution in [0.25, 0.3) is 0 Å². The molecule has 0 aliphatic carbocycles. The van der Waals surface area contributed by atoms with Crippen LogP contribution in [0, 0.1) is 0 Å². The highest BCUT2D eigenvalue weighted by Crippen LogP contribution is 2.06. The van der Waals surface area contributed by atoms with E-state index in [0.29, 0.717) is 6.54 Å². The molecule has 0 aromatic rings. The number of nitrogens with zero attached hydrogens (tertiary/aromatic N) is 1. The Morgan fingerprint density at radius 2 is 2.00 bits per heavy atom. The van der Waals surface area contributed by atoms with Gasteiger partial charge in [-0.15, -0.1) is 0 Å². The second kappa shape index (κ2) is 8.05. The van der Waals surface area contributed by atoms with Gasteiger partial charge in [0.2, 0.25) is 5.91 Å². The molecule has 3 amide bonds. The molecule has 6 nitrogen and oxygen atoms in total. The van der Waals surface area contributed by atoms with Gasteiger partial charge in [-0.1, -0.05) is 13.3 Å². The lowest BCUT2D eigenvalue weighted by atomic mass is 10.1. The van der Waals surface area contributed by atoms with E-state index < -0.39 is 6.03 Å². The summed E-state index contributed by atoms with van der Waals surface area (Å²) < 4.78 is 0. The Hall–Kier alpha value is -1.14. The molecule has 0 aromatic heterocycles. The third-order valence-electron chi connectivity index (χ3n) is 3.07. The number of carbonyl (C=O) groups is 2. The summed E-state index contributed by atoms with van der Waals surface area (Å²) in [5, 5.41) is 4.98. The molecule has 0 saturated carbocycles. The quantitative estimate of drug-likeness (QED) is 0.606. The first-order chi connectivity index (χ1) is 8.61. The van der Waals surface area contributed by atoms with Crippen LogP contribution in [-0.4, -0.2) is 49.1 Å². The number of imide groups is 1. The van der Waals surface area contributed by atoms with E-state index in [1.54, 1.807) is 0 Å². The normalized spacial score (nSPS) is 17.4. The summed E-state index contributed by atoms with van der Waals surface area (Å²) >= 11 is 0. The van der Waals surface area contributed by atoms with Gasteiger partial charge in [-0.05, 0) is 19.3 Å². The lowest BCUT2D eigenvalue weighted by molar-refractivity contribution is -0.121. The van der Waals surface area contributed by atoms with Crippen LogP contribution in [0.5, 0.6) is 0 Å². The molecule has 6 heteroatoms. The number of nitrogens with two attached hydrogens (primary N) is 1. The van der Waals surface area contributed by atoms with Crippen molar-refractivity contribution in [3.05, 3.63) is 0 Å². The van der Waals surface area contributed by atoms with Gasteiger partial charge >= 0.3 is 6.03 Å². The zero-order chi connectivity index (χ0) is 13.4. The van der Waals surface area contributed by atoms with Gasteiger partial charge in [0, 0.05) is 25.7 Å². The molecular weight excluding hydrogens is 232 g/mol. The van der Waals surface area contributed by atoms with Crippen molar-refractivity contribution in [3.8, 4) is 0 Å². The minimum atomic E-state index is -0.401. The van der Waals surface area contributed by atoms with Crippen LogP contribution < -0.4 is 16.4 Å². The summed E-state index contributed by atoms with van der Waals surface area (Å²) in [4.78, 5) is 25.0. The molecule has 0 spiro atoms. The fraction of sp³-hybridized carbons (Fsp3) is 0.833. The van der Waals surface area contributed by atoms with Crippen molar-refractivity contribution >= 4 is 11.9 Å². The maximum absolute atomic E-state index is 11.6. The first-order valence-electron chi connectivity index (χ1n) is 6.67. The van der Waals surface area contributed by atoms with Crippen LogP contribution in [0.3, 0.4) is 0 Å². The average Bonchev–Trinajstić information content (AvgIpc) is 2.32. The predicted octanol–water partition coefficient (Wildman–Crippen LogP) is 0.0354. The number of urea groups is 1. The summed E-state index contributed by atoms with van der Waals surface area (Å²) in [6.07, 6.45) is 3.76. The molecule has 1 saturated heterocycles. The SMILES string of the molecule is CCCCNC(=O)NC(=O)CN1CCC(N)CC1. The average molecular weight is 256 g/mol. The lowest BCUT2D eigenvalue weighted by Gasteiger charge is -2.29. The van der Waals surface area contributed by atoms with Gasteiger partial charge in [0.15, 0.2) is 0 Å². The fourth-order valence-corrected chi connectivity index (χ4v) is 1.90. The van der Waals surface area contributed by atoms with Crippen molar-refractivity contribution in [1.29, 1.82) is 0 Å². The molecule has 0 unspecified atom stereocenters. The summed E-state index contributed by atoms with van der Waals surface area (Å²) in [5.41, 5.74) is 5.79. The summed E-state index contributed by atoms with van der Waals surface area (Å²) in [6.45, 7) is 4.58. The van der Waals surface area contributed by atoms with Crippen LogP contribution in [-0.2, 0) is 4.79 Å². The molecule has 0 radical (unpaired) electrons. The van der Waals surface area contributed by atoms with Crippen molar-refractivity contribution in [2.75, 3.05) is 26.2 Å². The van der Waals surface area contributed by atoms with Crippen LogP contribution >= 0.6 is 0 Å². The van der Waals surface area contributed by atoms with Gasteiger partial charge in [0.25, 0.3) is 0 Å². The number of piperidine rings is 1. The predicted molar refractivity (Wildman–Crippen MR) is 70.1 cm³/mol. The number of nitrogens with one attached hydrogen (secondary N) is 2. The van der Waals surface area contributed by atoms with E-state index in [1.807, 2.05) is 11.8 Å². The Morgan fingerprint density at radius 3 is 2.61 bits per heavy atom. The topological polar surface area (TPSA) is 87.5 Å². The monoisotopic (exact) mass is 256 g/mol. The first kappa shape index (κ1) is 14.9. The summed E-state index contributed by atoms with van der Waals surface area (Å²) in [6, 6.07) is -0.149. The fourth-order valence-electron chi connectivity index (χ4n) is 1.90. The number of carbonyl (C=O) groups excluding carboxylic acids is 2. The second-order valence-corrected chi connectivity index (χ2v) is 4.77. The standard InChI is InChI=1S/C12H24N4O2/c1-2-3-6-14-12(18)15-11(17)9-16-7-4-10(13)5-8-16/h10H,2-9,13H2,1H3,(H2,14,15,17,18). The number of likely N-dealkylation sites (tertiary alicyclic amines) is 1. The Morgan fingerprint density at radius 1 is 1.33 bits per heavy atom. The van der Waals surface area contributed by atoms with Crippen molar-refractivity contribution in [2.45, 2.75) is 38.6 Å². The van der Waals surface area contributed by atoms with Gasteiger partial charge in [0.05, 0.1) is 6.54 Å². The van der Waals surface area contributed by atoms with Gasteiger partial charge in [-0.3, -0.25) is 15.0 Å². The van der Waals surface area contributed by atoms with Crippen LogP contribution in [0.4, 0.5) is 4.79 Å². The van der Waals surface area contributed by atoms with Crippen LogP contribution in [0.2, 0.25) is 0 Å². The molecule has 104 valence electrons. The molecule has 4 N–H and O–H groups in total. The van der Waals surface area contributed by atoms with Gasteiger partial charge in [0.1, 0.15) is 0 Å². The van der Waals surface area contributed by atoms with Gasteiger partial charge in [-0.2, -0.15) is 0 Å². The first-order valence-corrected chi connectivity index (χ1v) is 6.67. The molecule has 1 aliphatic heterocycles. The molecule has 18 heavy (non-hydrogen) atoms. The zero-order valence-corrected chi connectivity index (χ0v) is 11.1. The highest BCUT2D eigenvalue weighted by atomic mass is 16.2. The van der Waals surface area contributed by atoms with E-state index in [-0.39, 0.29) is 18.5 Å². The zero-order valence-electron chi connectivity index (χ0n) is 11.1. The largest absolute Gasteiger partial charge is 0.338 e. The molecule has 1 aliphatic rings. The van der Waals surface area contributed by atoms with Crippen LogP contribution in [0.15, 0.2) is 0 Å². The van der Waals surface area contributed by atoms with E-state index in [4.69, 9.17) is 5.73 Å². The molecule has 1 rings (SSSR count). The minimum absolute atomic E-state index is 0.250. The van der Waals surface area contributed by atoms with Gasteiger partial charge < -0.3 is 11.1 Å². The molecule has 0 bridgehead atoms. The smallest absolute Gasteiger partial charge is 0.321 e. The van der Waals surface area contributed by atoms with Crippen molar-refractivity contribution in [1.82, 2.24) is 15.5 Å². The van der Waals surface area contributed by atoms with E-state index >= 15 is 0 Å². The molecular formula is C12H24N4O2. The maximum Gasteiger partial charge on any atom is 0.321 e. The highest BCUT2D eigenvalue weighted by molar-refractivity contribution is 5.95. The Balaban J connectivity index is 2.14.